The van der Waals surface area contributed by atoms with Crippen LogP contribution in [-0.2, 0) is 13.2 Å². The Kier molecular flexibility index (Phi) is 3.75. The van der Waals surface area contributed by atoms with E-state index in [1.165, 1.54) is 0 Å². The van der Waals surface area contributed by atoms with E-state index in [1.54, 1.807) is 18.0 Å². The lowest BCUT2D eigenvalue weighted by molar-refractivity contribution is 0.276. The highest BCUT2D eigenvalue weighted by molar-refractivity contribution is 9.10. The monoisotopic (exact) mass is 297 g/mol. The van der Waals surface area contributed by atoms with Gasteiger partial charge in [0, 0.05) is 0 Å². The van der Waals surface area contributed by atoms with Crippen molar-refractivity contribution in [3.05, 3.63) is 40.1 Å². The van der Waals surface area contributed by atoms with Crippen LogP contribution in [0.1, 0.15) is 11.3 Å². The van der Waals surface area contributed by atoms with Crippen LogP contribution in [0.15, 0.2) is 28.9 Å². The number of hydrogen-bond donors (Lipinski definition) is 1. The molecule has 0 aliphatic heterocycles. The second-order valence-electron chi connectivity index (χ2n) is 3.53. The lowest BCUT2D eigenvalue weighted by Gasteiger charge is -2.06. The smallest absolute Gasteiger partial charge is 0.133 e. The molecule has 5 nitrogen and oxygen atoms in total. The molecule has 0 bridgehead atoms. The molecule has 0 spiro atoms. The molecule has 0 unspecified atom stereocenters. The van der Waals surface area contributed by atoms with Crippen molar-refractivity contribution in [3.63, 3.8) is 0 Å². The molecule has 0 amide bonds. The second kappa shape index (κ2) is 5.29. The first-order valence-corrected chi connectivity index (χ1v) is 5.84. The molecule has 0 aliphatic rings. The Hall–Kier alpha value is -1.40. The minimum Gasteiger partial charge on any atom is -0.496 e. The molecule has 0 fully saturated rings. The highest BCUT2D eigenvalue weighted by Gasteiger charge is 2.04. The number of aromatic nitrogens is 3. The van der Waals surface area contributed by atoms with Crippen molar-refractivity contribution in [1.29, 1.82) is 0 Å². The standard InChI is InChI=1S/C11H12BrN3O2/c1-17-11-3-2-8(4-10(11)12)5-15-6-9(7-16)13-14-15/h2-4,6,16H,5,7H2,1H3. The third kappa shape index (κ3) is 2.83. The molecule has 0 saturated carbocycles. The van der Waals surface area contributed by atoms with Crippen molar-refractivity contribution >= 4 is 15.9 Å². The quantitative estimate of drug-likeness (QED) is 0.931. The average molecular weight is 298 g/mol. The maximum atomic E-state index is 8.89. The lowest BCUT2D eigenvalue weighted by atomic mass is 10.2. The molecule has 0 saturated heterocycles. The molecule has 0 atom stereocenters. The minimum absolute atomic E-state index is 0.0910. The normalized spacial score (nSPS) is 10.5. The first kappa shape index (κ1) is 12.1. The Morgan fingerprint density at radius 2 is 2.29 bits per heavy atom. The zero-order chi connectivity index (χ0) is 12.3. The molecular formula is C11H12BrN3O2. The van der Waals surface area contributed by atoms with Crippen molar-refractivity contribution in [3.8, 4) is 5.75 Å². The highest BCUT2D eigenvalue weighted by atomic mass is 79.9. The summed E-state index contributed by atoms with van der Waals surface area (Å²) >= 11 is 3.43. The number of hydrogen-bond acceptors (Lipinski definition) is 4. The van der Waals surface area contributed by atoms with Gasteiger partial charge >= 0.3 is 0 Å². The first-order valence-electron chi connectivity index (χ1n) is 5.05. The van der Waals surface area contributed by atoms with Crippen molar-refractivity contribution in [1.82, 2.24) is 15.0 Å². The number of methoxy groups -OCH3 is 1. The van der Waals surface area contributed by atoms with Gasteiger partial charge < -0.3 is 9.84 Å². The van der Waals surface area contributed by atoms with E-state index in [9.17, 15) is 0 Å². The largest absolute Gasteiger partial charge is 0.496 e. The van der Waals surface area contributed by atoms with E-state index < -0.39 is 0 Å². The Balaban J connectivity index is 2.15. The van der Waals surface area contributed by atoms with Crippen LogP contribution >= 0.6 is 15.9 Å². The van der Waals surface area contributed by atoms with E-state index in [0.29, 0.717) is 12.2 Å². The number of nitrogens with zero attached hydrogens (tertiary/aromatic N) is 3. The van der Waals surface area contributed by atoms with Gasteiger partial charge in [0.1, 0.15) is 11.4 Å². The Labute approximate surface area is 107 Å². The zero-order valence-electron chi connectivity index (χ0n) is 9.30. The van der Waals surface area contributed by atoms with Crippen molar-refractivity contribution in [2.45, 2.75) is 13.2 Å². The van der Waals surface area contributed by atoms with E-state index in [0.717, 1.165) is 15.8 Å². The van der Waals surface area contributed by atoms with Crippen LogP contribution in [0.3, 0.4) is 0 Å². The molecule has 0 radical (unpaired) electrons. The summed E-state index contributed by atoms with van der Waals surface area (Å²) in [5.74, 6) is 0.795. The van der Waals surface area contributed by atoms with Crippen LogP contribution in [0.5, 0.6) is 5.75 Å². The average Bonchev–Trinajstić information content (AvgIpc) is 2.77. The third-order valence-electron chi connectivity index (χ3n) is 2.31. The molecule has 2 aromatic rings. The van der Waals surface area contributed by atoms with Gasteiger partial charge in [0.2, 0.25) is 0 Å². The minimum atomic E-state index is -0.0910. The summed E-state index contributed by atoms with van der Waals surface area (Å²) in [4.78, 5) is 0. The summed E-state index contributed by atoms with van der Waals surface area (Å²) in [7, 11) is 1.63. The van der Waals surface area contributed by atoms with Gasteiger partial charge in [-0.2, -0.15) is 0 Å². The summed E-state index contributed by atoms with van der Waals surface area (Å²) < 4.78 is 7.74. The van der Waals surface area contributed by atoms with Gasteiger partial charge in [-0.05, 0) is 33.6 Å². The highest BCUT2D eigenvalue weighted by Crippen LogP contribution is 2.25. The topological polar surface area (TPSA) is 60.2 Å². The van der Waals surface area contributed by atoms with Gasteiger partial charge in [-0.25, -0.2) is 4.68 Å². The molecule has 1 aromatic heterocycles. The van der Waals surface area contributed by atoms with Gasteiger partial charge in [-0.15, -0.1) is 5.10 Å². The van der Waals surface area contributed by atoms with Gasteiger partial charge in [0.25, 0.3) is 0 Å². The Bertz CT molecular complexity index is 513. The SMILES string of the molecule is COc1ccc(Cn2cc(CO)nn2)cc1Br. The fourth-order valence-electron chi connectivity index (χ4n) is 1.48. The van der Waals surface area contributed by atoms with Gasteiger partial charge in [-0.1, -0.05) is 11.3 Å². The van der Waals surface area contributed by atoms with Crippen LogP contribution in [0, 0.1) is 0 Å². The first-order chi connectivity index (χ1) is 8.22. The second-order valence-corrected chi connectivity index (χ2v) is 4.39. The summed E-state index contributed by atoms with van der Waals surface area (Å²) in [5, 5.41) is 16.6. The Morgan fingerprint density at radius 1 is 1.47 bits per heavy atom. The van der Waals surface area contributed by atoms with Gasteiger partial charge in [0.15, 0.2) is 0 Å². The number of aliphatic hydroxyl groups excluding tert-OH is 1. The van der Waals surface area contributed by atoms with Crippen molar-refractivity contribution < 1.29 is 9.84 Å². The maximum Gasteiger partial charge on any atom is 0.133 e. The van der Waals surface area contributed by atoms with Crippen LogP contribution in [0.2, 0.25) is 0 Å². The van der Waals surface area contributed by atoms with E-state index in [2.05, 4.69) is 26.2 Å². The van der Waals surface area contributed by atoms with Crippen LogP contribution in [0.25, 0.3) is 0 Å². The predicted octanol–water partition coefficient (Wildman–Crippen LogP) is 1.59. The number of benzene rings is 1. The fourth-order valence-corrected chi connectivity index (χ4v) is 2.07. The van der Waals surface area contributed by atoms with E-state index in [-0.39, 0.29) is 6.61 Å². The number of ether oxygens (including phenoxy) is 1. The third-order valence-corrected chi connectivity index (χ3v) is 2.93. The number of halogens is 1. The molecule has 1 aromatic carbocycles. The molecule has 17 heavy (non-hydrogen) atoms. The van der Waals surface area contributed by atoms with Crippen molar-refractivity contribution in [2.24, 2.45) is 0 Å². The zero-order valence-corrected chi connectivity index (χ0v) is 10.9. The summed E-state index contributed by atoms with van der Waals surface area (Å²) in [6.07, 6.45) is 1.72. The Morgan fingerprint density at radius 3 is 2.88 bits per heavy atom. The summed E-state index contributed by atoms with van der Waals surface area (Å²) in [6, 6.07) is 5.83. The predicted molar refractivity (Wildman–Crippen MR) is 65.7 cm³/mol. The van der Waals surface area contributed by atoms with E-state index >= 15 is 0 Å². The molecule has 1 heterocycles. The van der Waals surface area contributed by atoms with Crippen LogP contribution in [-0.4, -0.2) is 27.2 Å². The van der Waals surface area contributed by atoms with E-state index in [1.807, 2.05) is 18.2 Å². The molecule has 0 aliphatic carbocycles. The van der Waals surface area contributed by atoms with E-state index in [4.69, 9.17) is 9.84 Å². The maximum absolute atomic E-state index is 8.89. The fraction of sp³-hybridized carbons (Fsp3) is 0.273. The summed E-state index contributed by atoms with van der Waals surface area (Å²) in [5.41, 5.74) is 1.64. The van der Waals surface area contributed by atoms with Gasteiger partial charge in [0.05, 0.1) is 30.9 Å². The molecular weight excluding hydrogens is 286 g/mol. The van der Waals surface area contributed by atoms with Crippen LogP contribution in [0.4, 0.5) is 0 Å². The molecule has 2 rings (SSSR count). The molecule has 90 valence electrons. The molecule has 6 heteroatoms. The number of aliphatic hydroxyl groups is 1. The lowest BCUT2D eigenvalue weighted by Crippen LogP contribution is -2.00. The molecule has 1 N–H and O–H groups in total. The van der Waals surface area contributed by atoms with Gasteiger partial charge in [-0.3, -0.25) is 0 Å². The number of rotatable bonds is 4. The van der Waals surface area contributed by atoms with Crippen LogP contribution < -0.4 is 4.74 Å². The summed E-state index contributed by atoms with van der Waals surface area (Å²) in [6.45, 7) is 0.516. The van der Waals surface area contributed by atoms with Crippen molar-refractivity contribution in [2.75, 3.05) is 7.11 Å².